The predicted molar refractivity (Wildman–Crippen MR) is 183 cm³/mol. The molecule has 9 heteroatoms. The number of likely N-dealkylation sites (N-methyl/N-ethyl adjacent to an activating group) is 1. The predicted octanol–water partition coefficient (Wildman–Crippen LogP) is 8.80. The van der Waals surface area contributed by atoms with Gasteiger partial charge in [-0.1, -0.05) is 65.3 Å². The number of carbonyl (C=O) groups is 1. The number of allylic oxidation sites excluding steroid dienone is 3. The molecular formula is C37H65NO7P+. The van der Waals surface area contributed by atoms with Crippen molar-refractivity contribution < 1.29 is 37.3 Å². The zero-order chi connectivity index (χ0) is 33.9. The lowest BCUT2D eigenvalue weighted by Crippen LogP contribution is -2.51. The van der Waals surface area contributed by atoms with Gasteiger partial charge in [-0.25, -0.2) is 9.36 Å². The minimum atomic E-state index is -4.19. The maximum absolute atomic E-state index is 12.5. The normalized spacial score (nSPS) is 35.5. The highest BCUT2D eigenvalue weighted by Gasteiger charge is 2.59. The maximum atomic E-state index is 12.5. The van der Waals surface area contributed by atoms with Crippen LogP contribution in [0.25, 0.3) is 0 Å². The second-order valence-corrected chi connectivity index (χ2v) is 18.2. The number of quaternary nitrogens is 1. The van der Waals surface area contributed by atoms with Crippen LogP contribution in [-0.2, 0) is 23.1 Å². The molecule has 4 rings (SSSR count). The second-order valence-electron chi connectivity index (χ2n) is 16.8. The average Bonchev–Trinajstić information content (AvgIpc) is 3.32. The first kappa shape index (κ1) is 37.6. The SMILES string of the molecule is CC[C@H](/C=C/[C@@H](C)[C@H]1CCC2C3CC=C4C[C@@H](OC(=O)OCCOP(=O)(O)OCC[N+](C)(C)C)CC[C@]4(C)C3CC[C@@]21C)C(C)C. The zero-order valence-corrected chi connectivity index (χ0v) is 31.2. The summed E-state index contributed by atoms with van der Waals surface area (Å²) in [7, 11) is 1.70. The highest BCUT2D eigenvalue weighted by Crippen LogP contribution is 2.67. The molecule has 264 valence electrons. The molecule has 10 atom stereocenters. The highest BCUT2D eigenvalue weighted by atomic mass is 31.2. The summed E-state index contributed by atoms with van der Waals surface area (Å²) in [6.45, 7) is 14.8. The second kappa shape index (κ2) is 15.2. The van der Waals surface area contributed by atoms with E-state index in [1.54, 1.807) is 0 Å². The number of hydrogen-bond acceptors (Lipinski definition) is 6. The average molecular weight is 667 g/mol. The van der Waals surface area contributed by atoms with E-state index in [2.05, 4.69) is 59.8 Å². The van der Waals surface area contributed by atoms with E-state index in [9.17, 15) is 14.3 Å². The summed E-state index contributed by atoms with van der Waals surface area (Å²) in [6, 6.07) is 0. The number of ether oxygens (including phenoxy) is 2. The Morgan fingerprint density at radius 2 is 1.74 bits per heavy atom. The van der Waals surface area contributed by atoms with E-state index in [4.69, 9.17) is 18.5 Å². The molecule has 0 radical (unpaired) electrons. The van der Waals surface area contributed by atoms with Gasteiger partial charge in [0.05, 0.1) is 27.7 Å². The van der Waals surface area contributed by atoms with Gasteiger partial charge in [0, 0.05) is 6.42 Å². The van der Waals surface area contributed by atoms with Gasteiger partial charge >= 0.3 is 14.0 Å². The van der Waals surface area contributed by atoms with Crippen molar-refractivity contribution in [3.63, 3.8) is 0 Å². The van der Waals surface area contributed by atoms with Gasteiger partial charge < -0.3 is 18.9 Å². The Bertz CT molecular complexity index is 1150. The van der Waals surface area contributed by atoms with Crippen molar-refractivity contribution >= 4 is 14.0 Å². The molecule has 0 amide bonds. The third-order valence-electron chi connectivity index (χ3n) is 12.6. The number of nitrogens with zero attached hydrogens (tertiary/aromatic N) is 1. The minimum Gasteiger partial charge on any atom is -0.432 e. The molecule has 3 saturated carbocycles. The first-order valence-corrected chi connectivity index (χ1v) is 19.6. The fourth-order valence-corrected chi connectivity index (χ4v) is 10.5. The lowest BCUT2D eigenvalue weighted by Gasteiger charge is -2.58. The van der Waals surface area contributed by atoms with E-state index >= 15 is 0 Å². The molecule has 0 saturated heterocycles. The molecule has 0 aliphatic heterocycles. The Morgan fingerprint density at radius 3 is 2.41 bits per heavy atom. The van der Waals surface area contributed by atoms with Crippen molar-refractivity contribution in [3.05, 3.63) is 23.8 Å². The van der Waals surface area contributed by atoms with Gasteiger partial charge in [0.2, 0.25) is 0 Å². The number of phosphoric acid groups is 1. The fraction of sp³-hybridized carbons (Fsp3) is 0.865. The Hall–Kier alpha value is -1.18. The highest BCUT2D eigenvalue weighted by molar-refractivity contribution is 7.47. The van der Waals surface area contributed by atoms with Crippen molar-refractivity contribution in [2.24, 2.45) is 52.3 Å². The molecule has 1 N–H and O–H groups in total. The van der Waals surface area contributed by atoms with Crippen LogP contribution in [0.4, 0.5) is 4.79 Å². The van der Waals surface area contributed by atoms with Crippen LogP contribution in [0.15, 0.2) is 23.8 Å². The number of phosphoric ester groups is 1. The molecule has 0 heterocycles. The van der Waals surface area contributed by atoms with Gasteiger partial charge in [-0.3, -0.25) is 9.05 Å². The molecule has 4 aliphatic rings. The van der Waals surface area contributed by atoms with Gasteiger partial charge in [-0.05, 0) is 104 Å². The topological polar surface area (TPSA) is 91.3 Å². The molecule has 0 aromatic heterocycles. The van der Waals surface area contributed by atoms with E-state index in [0.717, 1.165) is 43.4 Å². The van der Waals surface area contributed by atoms with Gasteiger partial charge in [-0.15, -0.1) is 0 Å². The van der Waals surface area contributed by atoms with E-state index in [1.807, 2.05) is 21.1 Å². The molecule has 0 spiro atoms. The molecule has 8 nitrogen and oxygen atoms in total. The first-order valence-electron chi connectivity index (χ1n) is 18.1. The summed E-state index contributed by atoms with van der Waals surface area (Å²) < 4.78 is 33.5. The molecule has 46 heavy (non-hydrogen) atoms. The van der Waals surface area contributed by atoms with E-state index < -0.39 is 14.0 Å². The lowest BCUT2D eigenvalue weighted by molar-refractivity contribution is -0.870. The molecule has 4 unspecified atom stereocenters. The minimum absolute atomic E-state index is 0.0908. The summed E-state index contributed by atoms with van der Waals surface area (Å²) in [5.41, 5.74) is 2.05. The molecule has 0 bridgehead atoms. The number of hydrogen-bond donors (Lipinski definition) is 1. The maximum Gasteiger partial charge on any atom is 0.508 e. The van der Waals surface area contributed by atoms with Crippen molar-refractivity contribution in [1.82, 2.24) is 0 Å². The third-order valence-corrected chi connectivity index (χ3v) is 13.6. The molecule has 0 aromatic carbocycles. The molecule has 0 aromatic rings. The van der Waals surface area contributed by atoms with Crippen LogP contribution in [0.5, 0.6) is 0 Å². The standard InChI is InChI=1S/C37H64NO7P/c1-10-28(26(2)3)12-11-27(4)32-15-16-33-31-14-13-29-25-30(17-19-36(29,5)34(31)18-20-37(32,33)6)45-35(39)42-23-24-44-46(40,41)43-22-21-38(7,8)9/h11-13,26-28,30-34H,10,14-25H2,1-9H3/p+1/b12-11+/t27-,28-,30+,31?,32-,33?,34?,36+,37-/m1/s1. The summed E-state index contributed by atoms with van der Waals surface area (Å²) >= 11 is 0. The number of rotatable bonds is 14. The quantitative estimate of drug-likeness (QED) is 0.0651. The Kier molecular flexibility index (Phi) is 12.4. The summed E-state index contributed by atoms with van der Waals surface area (Å²) in [5.74, 6) is 5.00. The van der Waals surface area contributed by atoms with Crippen LogP contribution in [0.3, 0.4) is 0 Å². The zero-order valence-electron chi connectivity index (χ0n) is 30.3. The number of fused-ring (bicyclic) bond motifs is 5. The van der Waals surface area contributed by atoms with Crippen molar-refractivity contribution in [2.75, 3.05) is 47.5 Å². The Balaban J connectivity index is 1.27. The first-order chi connectivity index (χ1) is 21.5. The lowest BCUT2D eigenvalue weighted by atomic mass is 9.47. The van der Waals surface area contributed by atoms with Crippen molar-refractivity contribution in [2.45, 2.75) is 105 Å². The van der Waals surface area contributed by atoms with Crippen molar-refractivity contribution in [1.29, 1.82) is 0 Å². The molecule has 4 aliphatic carbocycles. The molecule has 3 fully saturated rings. The van der Waals surface area contributed by atoms with Crippen LogP contribution in [0.2, 0.25) is 0 Å². The van der Waals surface area contributed by atoms with Crippen LogP contribution in [0.1, 0.15) is 99.3 Å². The smallest absolute Gasteiger partial charge is 0.432 e. The Labute approximate surface area is 279 Å². The van der Waals surface area contributed by atoms with Gasteiger partial charge in [0.25, 0.3) is 0 Å². The van der Waals surface area contributed by atoms with Crippen LogP contribution < -0.4 is 0 Å². The summed E-state index contributed by atoms with van der Waals surface area (Å²) in [5, 5.41) is 0. The van der Waals surface area contributed by atoms with E-state index in [0.29, 0.717) is 40.1 Å². The summed E-state index contributed by atoms with van der Waals surface area (Å²) in [6.07, 6.45) is 16.9. The van der Waals surface area contributed by atoms with Crippen molar-refractivity contribution in [3.8, 4) is 0 Å². The Morgan fingerprint density at radius 1 is 1.02 bits per heavy atom. The van der Waals surface area contributed by atoms with Gasteiger partial charge in [0.15, 0.2) is 0 Å². The summed E-state index contributed by atoms with van der Waals surface area (Å²) in [4.78, 5) is 22.3. The van der Waals surface area contributed by atoms with E-state index in [-0.39, 0.29) is 31.3 Å². The third kappa shape index (κ3) is 8.88. The van der Waals surface area contributed by atoms with Crippen LogP contribution in [-0.4, -0.2) is 69.1 Å². The monoisotopic (exact) mass is 666 g/mol. The van der Waals surface area contributed by atoms with Gasteiger partial charge in [-0.2, -0.15) is 0 Å². The number of carbonyl (C=O) groups excluding carboxylic acids is 1. The van der Waals surface area contributed by atoms with E-state index in [1.165, 1.54) is 37.7 Å². The van der Waals surface area contributed by atoms with Crippen LogP contribution in [0, 0.1) is 52.3 Å². The largest absolute Gasteiger partial charge is 0.508 e. The fourth-order valence-electron chi connectivity index (χ4n) is 9.83. The molecular weight excluding hydrogens is 601 g/mol. The van der Waals surface area contributed by atoms with Crippen LogP contribution >= 0.6 is 7.82 Å². The van der Waals surface area contributed by atoms with Gasteiger partial charge in [0.1, 0.15) is 25.9 Å².